The number of piperidine rings is 1. The second kappa shape index (κ2) is 9.56. The van der Waals surface area contributed by atoms with Crippen LogP contribution in [0.5, 0.6) is 0 Å². The highest BCUT2D eigenvalue weighted by molar-refractivity contribution is 7.18. The summed E-state index contributed by atoms with van der Waals surface area (Å²) < 4.78 is 0. The zero-order valence-electron chi connectivity index (χ0n) is 14.5. The number of carbonyl (C=O) groups is 2. The molecule has 8 heteroatoms. The first-order valence-electron chi connectivity index (χ1n) is 8.39. The lowest BCUT2D eigenvalue weighted by Crippen LogP contribution is -2.51. The predicted molar refractivity (Wildman–Crippen MR) is 109 cm³/mol. The molecule has 3 amide bonds. The summed E-state index contributed by atoms with van der Waals surface area (Å²) in [4.78, 5) is 25.0. The molecule has 4 N–H and O–H groups in total. The molecule has 1 aromatic carbocycles. The lowest BCUT2D eigenvalue weighted by molar-refractivity contribution is 0.0924. The fourth-order valence-electron chi connectivity index (χ4n) is 2.80. The number of halogens is 1. The van der Waals surface area contributed by atoms with Crippen LogP contribution >= 0.6 is 23.7 Å². The predicted octanol–water partition coefficient (Wildman–Crippen LogP) is 3.68. The van der Waals surface area contributed by atoms with E-state index in [1.165, 1.54) is 11.3 Å². The van der Waals surface area contributed by atoms with E-state index in [9.17, 15) is 9.59 Å². The van der Waals surface area contributed by atoms with Crippen molar-refractivity contribution in [3.8, 4) is 0 Å². The molecule has 0 saturated carbocycles. The molecule has 0 bridgehead atoms. The van der Waals surface area contributed by atoms with E-state index >= 15 is 0 Å². The van der Waals surface area contributed by atoms with Gasteiger partial charge in [-0.05, 0) is 50.6 Å². The second-order valence-corrected chi connectivity index (χ2v) is 7.16. The monoisotopic (exact) mass is 394 g/mol. The molecule has 140 valence electrons. The average molecular weight is 395 g/mol. The van der Waals surface area contributed by atoms with Crippen LogP contribution in [0.3, 0.4) is 0 Å². The van der Waals surface area contributed by atoms with Gasteiger partial charge in [0.05, 0.1) is 9.88 Å². The third-order valence-corrected chi connectivity index (χ3v) is 5.18. The molecule has 2 atom stereocenters. The summed E-state index contributed by atoms with van der Waals surface area (Å²) in [6.07, 6.45) is 2.04. The molecule has 6 nitrogen and oxygen atoms in total. The van der Waals surface area contributed by atoms with Crippen LogP contribution in [0.25, 0.3) is 0 Å². The van der Waals surface area contributed by atoms with E-state index in [-0.39, 0.29) is 36.4 Å². The topological polar surface area (TPSA) is 82.3 Å². The summed E-state index contributed by atoms with van der Waals surface area (Å²) in [6, 6.07) is 12.8. The molecule has 0 spiro atoms. The number of thiophene rings is 1. The van der Waals surface area contributed by atoms with Crippen LogP contribution < -0.4 is 21.3 Å². The quantitative estimate of drug-likeness (QED) is 0.638. The maximum absolute atomic E-state index is 12.4. The van der Waals surface area contributed by atoms with Crippen LogP contribution in [0, 0.1) is 0 Å². The Bertz CT molecular complexity index is 738. The fraction of sp³-hybridized carbons (Fsp3) is 0.333. The van der Waals surface area contributed by atoms with Gasteiger partial charge in [0.15, 0.2) is 0 Å². The second-order valence-electron chi connectivity index (χ2n) is 6.07. The minimum Gasteiger partial charge on any atom is -0.347 e. The van der Waals surface area contributed by atoms with Gasteiger partial charge in [-0.2, -0.15) is 0 Å². The van der Waals surface area contributed by atoms with Crippen LogP contribution in [0.4, 0.5) is 15.5 Å². The summed E-state index contributed by atoms with van der Waals surface area (Å²) >= 11 is 1.27. The van der Waals surface area contributed by atoms with Crippen molar-refractivity contribution in [1.29, 1.82) is 0 Å². The van der Waals surface area contributed by atoms with Crippen molar-refractivity contribution in [2.75, 3.05) is 17.2 Å². The number of urea groups is 1. The van der Waals surface area contributed by atoms with Gasteiger partial charge in [-0.25, -0.2) is 4.79 Å². The van der Waals surface area contributed by atoms with Gasteiger partial charge >= 0.3 is 6.03 Å². The van der Waals surface area contributed by atoms with Crippen molar-refractivity contribution in [2.45, 2.75) is 31.8 Å². The summed E-state index contributed by atoms with van der Waals surface area (Å²) in [7, 11) is 0. The number of hydrogen-bond acceptors (Lipinski definition) is 4. The molecule has 1 saturated heterocycles. The van der Waals surface area contributed by atoms with Gasteiger partial charge in [0, 0.05) is 17.8 Å². The largest absolute Gasteiger partial charge is 0.347 e. The normalized spacial score (nSPS) is 19.1. The molecule has 2 aromatic rings. The number of hydrogen-bond donors (Lipinski definition) is 4. The summed E-state index contributed by atoms with van der Waals surface area (Å²) in [5.74, 6) is -0.0953. The molecule has 1 aliphatic heterocycles. The Labute approximate surface area is 163 Å². The van der Waals surface area contributed by atoms with E-state index in [4.69, 9.17) is 0 Å². The van der Waals surface area contributed by atoms with Crippen molar-refractivity contribution in [3.63, 3.8) is 0 Å². The first kappa shape index (κ1) is 20.2. The maximum Gasteiger partial charge on any atom is 0.324 e. The number of benzene rings is 1. The highest BCUT2D eigenvalue weighted by atomic mass is 35.5. The molecule has 2 heterocycles. The third-order valence-electron chi connectivity index (χ3n) is 4.18. The molecule has 0 radical (unpaired) electrons. The maximum atomic E-state index is 12.4. The zero-order chi connectivity index (χ0) is 17.6. The van der Waals surface area contributed by atoms with Crippen LogP contribution in [-0.4, -0.2) is 30.6 Å². The molecule has 1 aliphatic rings. The highest BCUT2D eigenvalue weighted by Gasteiger charge is 2.23. The van der Waals surface area contributed by atoms with Crippen molar-refractivity contribution in [2.24, 2.45) is 0 Å². The van der Waals surface area contributed by atoms with Crippen LogP contribution in [0.1, 0.15) is 29.4 Å². The minimum absolute atomic E-state index is 0. The summed E-state index contributed by atoms with van der Waals surface area (Å²) in [5.41, 5.74) is 0.716. The van der Waals surface area contributed by atoms with Crippen LogP contribution in [0.2, 0.25) is 0 Å². The van der Waals surface area contributed by atoms with Crippen molar-refractivity contribution >= 4 is 46.4 Å². The van der Waals surface area contributed by atoms with Gasteiger partial charge in [-0.15, -0.1) is 23.7 Å². The number of anilines is 2. The third kappa shape index (κ3) is 5.45. The standard InChI is InChI=1S/C18H22N4O2S.ClH/c1-12-14(8-5-11-19-12)21-17(23)15-9-10-16(25-15)22-18(24)20-13-6-3-2-4-7-13;/h2-4,6-7,9-10,12,14,19H,5,8,11H2,1H3,(H,21,23)(H2,20,22,24);1H. The van der Waals surface area contributed by atoms with E-state index < -0.39 is 0 Å². The van der Waals surface area contributed by atoms with Gasteiger partial charge in [-0.3, -0.25) is 10.1 Å². The van der Waals surface area contributed by atoms with E-state index in [0.29, 0.717) is 15.6 Å². The Morgan fingerprint density at radius 2 is 1.88 bits per heavy atom. The Kier molecular flexibility index (Phi) is 7.44. The van der Waals surface area contributed by atoms with Crippen molar-refractivity contribution in [1.82, 2.24) is 10.6 Å². The number of para-hydroxylation sites is 1. The van der Waals surface area contributed by atoms with Gasteiger partial charge < -0.3 is 16.0 Å². The molecular formula is C18H23ClN4O2S. The molecular weight excluding hydrogens is 372 g/mol. The fourth-order valence-corrected chi connectivity index (χ4v) is 3.61. The molecule has 3 rings (SSSR count). The van der Waals surface area contributed by atoms with E-state index in [1.54, 1.807) is 12.1 Å². The molecule has 2 unspecified atom stereocenters. The Morgan fingerprint density at radius 3 is 2.62 bits per heavy atom. The first-order valence-corrected chi connectivity index (χ1v) is 9.20. The van der Waals surface area contributed by atoms with Gasteiger partial charge in [0.2, 0.25) is 0 Å². The van der Waals surface area contributed by atoms with E-state index in [0.717, 1.165) is 19.4 Å². The molecule has 26 heavy (non-hydrogen) atoms. The smallest absolute Gasteiger partial charge is 0.324 e. The highest BCUT2D eigenvalue weighted by Crippen LogP contribution is 2.22. The molecule has 1 aromatic heterocycles. The molecule has 0 aliphatic carbocycles. The van der Waals surface area contributed by atoms with E-state index in [1.807, 2.05) is 30.3 Å². The summed E-state index contributed by atoms with van der Waals surface area (Å²) in [5, 5.41) is 12.6. The first-order chi connectivity index (χ1) is 12.1. The van der Waals surface area contributed by atoms with Gasteiger partial charge in [-0.1, -0.05) is 18.2 Å². The van der Waals surface area contributed by atoms with Gasteiger partial charge in [0.25, 0.3) is 5.91 Å². The van der Waals surface area contributed by atoms with Crippen LogP contribution in [0.15, 0.2) is 42.5 Å². The minimum atomic E-state index is -0.329. The lowest BCUT2D eigenvalue weighted by atomic mass is 10.00. The Morgan fingerprint density at radius 1 is 1.12 bits per heavy atom. The lowest BCUT2D eigenvalue weighted by Gasteiger charge is -2.30. The average Bonchev–Trinajstić information content (AvgIpc) is 3.06. The van der Waals surface area contributed by atoms with Crippen molar-refractivity contribution in [3.05, 3.63) is 47.3 Å². The molecule has 1 fully saturated rings. The Balaban J connectivity index is 0.00000243. The number of carbonyl (C=O) groups excluding carboxylic acids is 2. The zero-order valence-corrected chi connectivity index (χ0v) is 16.1. The van der Waals surface area contributed by atoms with Crippen molar-refractivity contribution < 1.29 is 9.59 Å². The van der Waals surface area contributed by atoms with Crippen LogP contribution in [-0.2, 0) is 0 Å². The number of nitrogens with one attached hydrogen (secondary N) is 4. The van der Waals surface area contributed by atoms with Gasteiger partial charge in [0.1, 0.15) is 0 Å². The van der Waals surface area contributed by atoms with E-state index in [2.05, 4.69) is 28.2 Å². The number of amides is 3. The number of rotatable bonds is 4. The Hall–Kier alpha value is -2.09. The summed E-state index contributed by atoms with van der Waals surface area (Å²) in [6.45, 7) is 3.08. The SMILES string of the molecule is CC1NCCCC1NC(=O)c1ccc(NC(=O)Nc2ccccc2)s1.Cl.